The van der Waals surface area contributed by atoms with Crippen LogP contribution in [-0.4, -0.2) is 18.4 Å². The van der Waals surface area contributed by atoms with E-state index in [0.717, 1.165) is 15.7 Å². The number of amides is 2. The molecule has 1 aliphatic heterocycles. The highest BCUT2D eigenvalue weighted by molar-refractivity contribution is 9.10. The van der Waals surface area contributed by atoms with Crippen LogP contribution in [0.25, 0.3) is 0 Å². The van der Waals surface area contributed by atoms with Gasteiger partial charge in [0.2, 0.25) is 11.8 Å². The molecule has 0 spiro atoms. The summed E-state index contributed by atoms with van der Waals surface area (Å²) in [6.45, 7) is 0.926. The van der Waals surface area contributed by atoms with E-state index in [0.29, 0.717) is 19.5 Å². The van der Waals surface area contributed by atoms with E-state index in [4.69, 9.17) is 4.42 Å². The second-order valence-electron chi connectivity index (χ2n) is 5.16. The highest BCUT2D eigenvalue weighted by Gasteiger charge is 2.37. The Kier molecular flexibility index (Phi) is 4.29. The number of nitrogens with zero attached hydrogens (tertiary/aromatic N) is 1. The molecule has 1 N–H and O–H groups in total. The third-order valence-corrected chi connectivity index (χ3v) is 4.18. The Labute approximate surface area is 136 Å². The molecule has 0 saturated carbocycles. The van der Waals surface area contributed by atoms with Gasteiger partial charge in [0.25, 0.3) is 0 Å². The fourth-order valence-corrected chi connectivity index (χ4v) is 2.92. The smallest absolute Gasteiger partial charge is 0.239 e. The maximum atomic E-state index is 12.5. The highest BCUT2D eigenvalue weighted by Crippen LogP contribution is 2.27. The van der Waals surface area contributed by atoms with E-state index in [-0.39, 0.29) is 11.8 Å². The predicted octanol–water partition coefficient (Wildman–Crippen LogP) is 2.71. The van der Waals surface area contributed by atoms with Crippen molar-refractivity contribution in [3.05, 3.63) is 52.9 Å². The largest absolute Gasteiger partial charge is 0.472 e. The van der Waals surface area contributed by atoms with Crippen molar-refractivity contribution in [3.63, 3.8) is 0 Å². The Balaban J connectivity index is 1.64. The minimum absolute atomic E-state index is 0.150. The molecule has 1 saturated heterocycles. The van der Waals surface area contributed by atoms with Crippen molar-refractivity contribution < 1.29 is 14.0 Å². The lowest BCUT2D eigenvalue weighted by atomic mass is 10.1. The molecular weight excluding hydrogens is 348 g/mol. The van der Waals surface area contributed by atoms with Gasteiger partial charge in [-0.25, -0.2) is 0 Å². The topological polar surface area (TPSA) is 62.6 Å². The highest BCUT2D eigenvalue weighted by atomic mass is 79.9. The Hall–Kier alpha value is -2.08. The molecule has 5 nitrogen and oxygen atoms in total. The lowest BCUT2D eigenvalue weighted by Gasteiger charge is -2.17. The normalized spacial score (nSPS) is 17.8. The third kappa shape index (κ3) is 3.06. The molecule has 1 aromatic heterocycles. The van der Waals surface area contributed by atoms with Gasteiger partial charge in [-0.2, -0.15) is 0 Å². The molecule has 6 heteroatoms. The molecule has 1 fully saturated rings. The molecule has 0 bridgehead atoms. The van der Waals surface area contributed by atoms with Crippen LogP contribution in [0.3, 0.4) is 0 Å². The quantitative estimate of drug-likeness (QED) is 0.850. The number of hydrogen-bond donors (Lipinski definition) is 1. The minimum Gasteiger partial charge on any atom is -0.472 e. The van der Waals surface area contributed by atoms with Crippen LogP contribution in [0, 0.1) is 5.92 Å². The summed E-state index contributed by atoms with van der Waals surface area (Å²) in [5, 5.41) is 2.79. The summed E-state index contributed by atoms with van der Waals surface area (Å²) in [5.41, 5.74) is 1.69. The van der Waals surface area contributed by atoms with Gasteiger partial charge in [0.15, 0.2) is 0 Å². The van der Waals surface area contributed by atoms with Crippen LogP contribution >= 0.6 is 15.9 Å². The first-order valence-corrected chi connectivity index (χ1v) is 7.80. The van der Waals surface area contributed by atoms with E-state index in [1.807, 2.05) is 24.3 Å². The summed E-state index contributed by atoms with van der Waals surface area (Å²) >= 11 is 3.39. The molecule has 3 rings (SSSR count). The van der Waals surface area contributed by atoms with Crippen molar-refractivity contribution in [2.45, 2.75) is 13.0 Å². The van der Waals surface area contributed by atoms with Crippen molar-refractivity contribution in [3.8, 4) is 0 Å². The molecular formula is C16H15BrN2O3. The van der Waals surface area contributed by atoms with Gasteiger partial charge >= 0.3 is 0 Å². The molecule has 1 aliphatic rings. The zero-order valence-corrected chi connectivity index (χ0v) is 13.4. The Morgan fingerprint density at radius 2 is 2.27 bits per heavy atom. The fraction of sp³-hybridized carbons (Fsp3) is 0.250. The number of carbonyl (C=O) groups is 2. The van der Waals surface area contributed by atoms with Gasteiger partial charge in [-0.1, -0.05) is 22.0 Å². The molecule has 114 valence electrons. The van der Waals surface area contributed by atoms with Crippen LogP contribution in [0.4, 0.5) is 5.69 Å². The molecule has 0 radical (unpaired) electrons. The fourth-order valence-electron chi connectivity index (χ4n) is 2.53. The predicted molar refractivity (Wildman–Crippen MR) is 85.2 cm³/mol. The molecule has 1 aromatic carbocycles. The second-order valence-corrected chi connectivity index (χ2v) is 6.08. The van der Waals surface area contributed by atoms with Gasteiger partial charge in [-0.05, 0) is 30.7 Å². The molecule has 2 amide bonds. The Bertz CT molecular complexity index is 684. The van der Waals surface area contributed by atoms with Crippen LogP contribution in [0.15, 0.2) is 51.7 Å². The van der Waals surface area contributed by atoms with Gasteiger partial charge in [0, 0.05) is 28.8 Å². The van der Waals surface area contributed by atoms with Crippen LogP contribution in [0.2, 0.25) is 0 Å². The Morgan fingerprint density at radius 1 is 1.41 bits per heavy atom. The first kappa shape index (κ1) is 14.8. The monoisotopic (exact) mass is 362 g/mol. The standard InChI is InChI=1S/C16H15BrN2O3/c17-12-2-1-3-13(8-12)19-6-4-14(16(19)21)15(20)18-9-11-5-7-22-10-11/h1-3,5,7-8,10,14H,4,6,9H2,(H,18,20)/t14-/m1/s1. The molecule has 0 aliphatic carbocycles. The minimum atomic E-state index is -0.620. The number of nitrogens with one attached hydrogen (secondary N) is 1. The molecule has 22 heavy (non-hydrogen) atoms. The number of benzene rings is 1. The molecule has 2 heterocycles. The van der Waals surface area contributed by atoms with Crippen LogP contribution in [0.1, 0.15) is 12.0 Å². The summed E-state index contributed by atoms with van der Waals surface area (Å²) in [6, 6.07) is 9.31. The zero-order valence-electron chi connectivity index (χ0n) is 11.8. The van der Waals surface area contributed by atoms with Gasteiger partial charge in [-0.3, -0.25) is 9.59 Å². The van der Waals surface area contributed by atoms with Gasteiger partial charge in [0.05, 0.1) is 12.5 Å². The van der Waals surface area contributed by atoms with Crippen molar-refractivity contribution in [1.82, 2.24) is 5.32 Å². The van der Waals surface area contributed by atoms with E-state index in [1.54, 1.807) is 23.5 Å². The third-order valence-electron chi connectivity index (χ3n) is 3.69. The summed E-state index contributed by atoms with van der Waals surface area (Å²) in [6.07, 6.45) is 3.66. The Morgan fingerprint density at radius 3 is 3.00 bits per heavy atom. The number of halogens is 1. The molecule has 0 unspecified atom stereocenters. The molecule has 2 aromatic rings. The van der Waals surface area contributed by atoms with Crippen molar-refractivity contribution in [1.29, 1.82) is 0 Å². The summed E-state index contributed by atoms with van der Waals surface area (Å²) in [4.78, 5) is 26.3. The van der Waals surface area contributed by atoms with Gasteiger partial charge < -0.3 is 14.6 Å². The number of anilines is 1. The zero-order chi connectivity index (χ0) is 15.5. The van der Waals surface area contributed by atoms with E-state index in [1.165, 1.54) is 0 Å². The maximum absolute atomic E-state index is 12.5. The van der Waals surface area contributed by atoms with Gasteiger partial charge in [0.1, 0.15) is 5.92 Å². The lowest BCUT2D eigenvalue weighted by Crippen LogP contribution is -2.36. The van der Waals surface area contributed by atoms with Crippen LogP contribution < -0.4 is 10.2 Å². The molecule has 1 atom stereocenters. The average Bonchev–Trinajstić information content (AvgIpc) is 3.14. The van der Waals surface area contributed by atoms with E-state index in [9.17, 15) is 9.59 Å². The van der Waals surface area contributed by atoms with E-state index < -0.39 is 5.92 Å². The lowest BCUT2D eigenvalue weighted by molar-refractivity contribution is -0.132. The van der Waals surface area contributed by atoms with Crippen molar-refractivity contribution in [2.24, 2.45) is 5.92 Å². The first-order valence-electron chi connectivity index (χ1n) is 7.01. The van der Waals surface area contributed by atoms with Crippen molar-refractivity contribution in [2.75, 3.05) is 11.4 Å². The van der Waals surface area contributed by atoms with Crippen LogP contribution in [0.5, 0.6) is 0 Å². The van der Waals surface area contributed by atoms with E-state index >= 15 is 0 Å². The first-order chi connectivity index (χ1) is 10.6. The van der Waals surface area contributed by atoms with Crippen LogP contribution in [-0.2, 0) is 16.1 Å². The summed E-state index contributed by atoms with van der Waals surface area (Å²) in [5.74, 6) is -1.00. The summed E-state index contributed by atoms with van der Waals surface area (Å²) < 4.78 is 5.86. The van der Waals surface area contributed by atoms with Crippen molar-refractivity contribution >= 4 is 33.4 Å². The summed E-state index contributed by atoms with van der Waals surface area (Å²) in [7, 11) is 0. The number of carbonyl (C=O) groups excluding carboxylic acids is 2. The SMILES string of the molecule is O=C(NCc1ccoc1)[C@H]1CCN(c2cccc(Br)c2)C1=O. The second kappa shape index (κ2) is 6.36. The van der Waals surface area contributed by atoms with Gasteiger partial charge in [-0.15, -0.1) is 0 Å². The number of furan rings is 1. The average molecular weight is 363 g/mol. The maximum Gasteiger partial charge on any atom is 0.239 e. The van der Waals surface area contributed by atoms with E-state index in [2.05, 4.69) is 21.2 Å². The number of rotatable bonds is 4. The number of hydrogen-bond acceptors (Lipinski definition) is 3.